The molecule has 35 heavy (non-hydrogen) atoms. The summed E-state index contributed by atoms with van der Waals surface area (Å²) in [7, 11) is 1.72. The molecule has 2 saturated heterocycles. The molecule has 1 aliphatic carbocycles. The lowest BCUT2D eigenvalue weighted by Gasteiger charge is -2.38. The van der Waals surface area contributed by atoms with Gasteiger partial charge in [0.1, 0.15) is 12.1 Å². The number of benzene rings is 1. The SMILES string of the molecule is CCOC1CC[C@H]2CC[C@@H](C(=O)N[C@@H]3CCCc4ccccc43)N2C(=O)[C@@H](NC(=O)[C@H](C)NC)C1. The maximum Gasteiger partial charge on any atom is 0.246 e. The molecule has 6 atom stereocenters. The average Bonchev–Trinajstić information content (AvgIpc) is 3.29. The lowest BCUT2D eigenvalue weighted by molar-refractivity contribution is -0.146. The van der Waals surface area contributed by atoms with E-state index in [1.54, 1.807) is 18.9 Å². The van der Waals surface area contributed by atoms with Crippen LogP contribution in [0.2, 0.25) is 0 Å². The Morgan fingerprint density at radius 3 is 2.63 bits per heavy atom. The Kier molecular flexibility index (Phi) is 8.44. The van der Waals surface area contributed by atoms with E-state index >= 15 is 0 Å². The fourth-order valence-corrected chi connectivity index (χ4v) is 5.90. The van der Waals surface area contributed by atoms with Crippen LogP contribution in [-0.2, 0) is 25.5 Å². The number of ether oxygens (including phenoxy) is 1. The molecule has 8 heteroatoms. The van der Waals surface area contributed by atoms with E-state index in [9.17, 15) is 14.4 Å². The highest BCUT2D eigenvalue weighted by Crippen LogP contribution is 2.34. The van der Waals surface area contributed by atoms with E-state index in [4.69, 9.17) is 4.74 Å². The zero-order valence-electron chi connectivity index (χ0n) is 21.2. The zero-order valence-corrected chi connectivity index (χ0v) is 21.2. The van der Waals surface area contributed by atoms with Gasteiger partial charge < -0.3 is 25.6 Å². The number of carbonyl (C=O) groups is 3. The van der Waals surface area contributed by atoms with Crippen molar-refractivity contribution in [2.45, 2.75) is 102 Å². The van der Waals surface area contributed by atoms with Crippen molar-refractivity contribution in [2.75, 3.05) is 13.7 Å². The van der Waals surface area contributed by atoms with E-state index in [2.05, 4.69) is 28.1 Å². The minimum atomic E-state index is -0.707. The first-order valence-electron chi connectivity index (χ1n) is 13.2. The van der Waals surface area contributed by atoms with Crippen molar-refractivity contribution >= 4 is 17.7 Å². The summed E-state index contributed by atoms with van der Waals surface area (Å²) in [6, 6.07) is 6.63. The first-order chi connectivity index (χ1) is 16.9. The number of carbonyl (C=O) groups excluding carboxylic acids is 3. The normalized spacial score (nSPS) is 29.4. The fourth-order valence-electron chi connectivity index (χ4n) is 5.90. The van der Waals surface area contributed by atoms with Gasteiger partial charge in [0.15, 0.2) is 0 Å². The molecule has 1 aromatic rings. The summed E-state index contributed by atoms with van der Waals surface area (Å²) in [5.41, 5.74) is 2.48. The van der Waals surface area contributed by atoms with Gasteiger partial charge in [-0.15, -0.1) is 0 Å². The third kappa shape index (κ3) is 5.70. The third-order valence-electron chi connectivity index (χ3n) is 7.91. The van der Waals surface area contributed by atoms with Crippen molar-refractivity contribution in [2.24, 2.45) is 0 Å². The maximum absolute atomic E-state index is 13.8. The molecule has 2 fully saturated rings. The highest BCUT2D eigenvalue weighted by atomic mass is 16.5. The summed E-state index contributed by atoms with van der Waals surface area (Å²) in [5, 5.41) is 9.13. The lowest BCUT2D eigenvalue weighted by Crippen LogP contribution is -2.59. The van der Waals surface area contributed by atoms with Crippen molar-refractivity contribution in [3.63, 3.8) is 0 Å². The van der Waals surface area contributed by atoms with Gasteiger partial charge in [0.2, 0.25) is 17.7 Å². The minimum Gasteiger partial charge on any atom is -0.378 e. The summed E-state index contributed by atoms with van der Waals surface area (Å²) in [6.07, 6.45) is 6.35. The van der Waals surface area contributed by atoms with Crippen LogP contribution in [0, 0.1) is 0 Å². The number of hydrogen-bond acceptors (Lipinski definition) is 5. The number of hydrogen-bond donors (Lipinski definition) is 3. The van der Waals surface area contributed by atoms with Crippen LogP contribution in [0.1, 0.15) is 76.0 Å². The molecule has 1 unspecified atom stereocenters. The van der Waals surface area contributed by atoms with Crippen LogP contribution in [0.5, 0.6) is 0 Å². The van der Waals surface area contributed by atoms with E-state index < -0.39 is 18.1 Å². The third-order valence-corrected chi connectivity index (χ3v) is 7.91. The molecule has 0 spiro atoms. The second-order valence-electron chi connectivity index (χ2n) is 10.1. The molecule has 0 bridgehead atoms. The molecule has 192 valence electrons. The number of nitrogens with zero attached hydrogens (tertiary/aromatic N) is 1. The van der Waals surface area contributed by atoms with Crippen molar-refractivity contribution in [3.05, 3.63) is 35.4 Å². The summed E-state index contributed by atoms with van der Waals surface area (Å²) in [5.74, 6) is -0.479. The van der Waals surface area contributed by atoms with Gasteiger partial charge >= 0.3 is 0 Å². The Bertz CT molecular complexity index is 922. The number of rotatable bonds is 7. The van der Waals surface area contributed by atoms with Gasteiger partial charge in [-0.05, 0) is 77.0 Å². The molecule has 0 saturated carbocycles. The lowest BCUT2D eigenvalue weighted by atomic mass is 9.87. The van der Waals surface area contributed by atoms with E-state index in [1.165, 1.54) is 11.1 Å². The molecular weight excluding hydrogens is 444 g/mol. The Labute approximate surface area is 208 Å². The Morgan fingerprint density at radius 2 is 1.86 bits per heavy atom. The van der Waals surface area contributed by atoms with Gasteiger partial charge in [0.05, 0.1) is 18.2 Å². The average molecular weight is 485 g/mol. The minimum absolute atomic E-state index is 0.0127. The summed E-state index contributed by atoms with van der Waals surface area (Å²) in [6.45, 7) is 4.28. The molecule has 1 aromatic carbocycles. The van der Waals surface area contributed by atoms with Crippen molar-refractivity contribution in [3.8, 4) is 0 Å². The van der Waals surface area contributed by atoms with Crippen LogP contribution in [0.3, 0.4) is 0 Å². The predicted octanol–water partition coefficient (Wildman–Crippen LogP) is 2.22. The van der Waals surface area contributed by atoms with Crippen LogP contribution >= 0.6 is 0 Å². The molecule has 0 aromatic heterocycles. The quantitative estimate of drug-likeness (QED) is 0.551. The van der Waals surface area contributed by atoms with Gasteiger partial charge in [-0.1, -0.05) is 24.3 Å². The van der Waals surface area contributed by atoms with Gasteiger partial charge in [-0.3, -0.25) is 14.4 Å². The smallest absolute Gasteiger partial charge is 0.246 e. The molecule has 3 aliphatic rings. The van der Waals surface area contributed by atoms with Gasteiger partial charge in [0.25, 0.3) is 0 Å². The largest absolute Gasteiger partial charge is 0.378 e. The number of aryl methyl sites for hydroxylation is 1. The first-order valence-corrected chi connectivity index (χ1v) is 13.2. The van der Waals surface area contributed by atoms with Crippen molar-refractivity contribution in [1.29, 1.82) is 0 Å². The molecule has 2 aliphatic heterocycles. The van der Waals surface area contributed by atoms with Crippen LogP contribution in [0.4, 0.5) is 0 Å². The van der Waals surface area contributed by atoms with Gasteiger partial charge in [-0.2, -0.15) is 0 Å². The number of fused-ring (bicyclic) bond motifs is 2. The Balaban J connectivity index is 1.52. The monoisotopic (exact) mass is 484 g/mol. The van der Waals surface area contributed by atoms with Crippen LogP contribution < -0.4 is 16.0 Å². The molecule has 3 amide bonds. The summed E-state index contributed by atoms with van der Waals surface area (Å²) < 4.78 is 5.90. The molecule has 0 radical (unpaired) electrons. The van der Waals surface area contributed by atoms with Crippen molar-refractivity contribution in [1.82, 2.24) is 20.9 Å². The maximum atomic E-state index is 13.8. The number of likely N-dealkylation sites (N-methyl/N-ethyl adjacent to an activating group) is 1. The molecule has 4 rings (SSSR count). The van der Waals surface area contributed by atoms with E-state index in [0.717, 1.165) is 38.5 Å². The Morgan fingerprint density at radius 1 is 1.09 bits per heavy atom. The van der Waals surface area contributed by atoms with E-state index in [1.807, 2.05) is 19.1 Å². The topological polar surface area (TPSA) is 99.8 Å². The second kappa shape index (κ2) is 11.5. The van der Waals surface area contributed by atoms with Crippen molar-refractivity contribution < 1.29 is 19.1 Å². The molecule has 8 nitrogen and oxygen atoms in total. The fraction of sp³-hybridized carbons (Fsp3) is 0.667. The van der Waals surface area contributed by atoms with E-state index in [-0.39, 0.29) is 35.9 Å². The van der Waals surface area contributed by atoms with Gasteiger partial charge in [-0.25, -0.2) is 0 Å². The summed E-state index contributed by atoms with van der Waals surface area (Å²) >= 11 is 0. The van der Waals surface area contributed by atoms with Crippen LogP contribution in [-0.4, -0.2) is 66.5 Å². The highest BCUT2D eigenvalue weighted by molar-refractivity contribution is 5.94. The van der Waals surface area contributed by atoms with Crippen LogP contribution in [0.15, 0.2) is 24.3 Å². The molecule has 3 N–H and O–H groups in total. The standard InChI is InChI=1S/C27H40N4O4/c1-4-35-20-14-12-19-13-15-24(31(19)27(34)23(16-20)30-25(32)17(2)28-3)26(33)29-22-11-7-9-18-8-5-6-10-21(18)22/h5-6,8,10,17,19-20,22-24,28H,4,7,9,11-16H2,1-3H3,(H,29,33)(H,30,32)/t17-,19-,20?,22+,23-,24-/m0/s1. The predicted molar refractivity (Wildman–Crippen MR) is 134 cm³/mol. The molecule has 2 heterocycles. The Hall–Kier alpha value is -2.45. The highest BCUT2D eigenvalue weighted by Gasteiger charge is 2.45. The molecular formula is C27H40N4O4. The van der Waals surface area contributed by atoms with E-state index in [0.29, 0.717) is 19.4 Å². The summed E-state index contributed by atoms with van der Waals surface area (Å²) in [4.78, 5) is 41.8. The zero-order chi connectivity index (χ0) is 24.9. The van der Waals surface area contributed by atoms with Crippen LogP contribution in [0.25, 0.3) is 0 Å². The first kappa shape index (κ1) is 25.6. The number of nitrogens with one attached hydrogen (secondary N) is 3. The second-order valence-corrected chi connectivity index (χ2v) is 10.1. The number of amides is 3. The van der Waals surface area contributed by atoms with Gasteiger partial charge in [0, 0.05) is 19.1 Å².